The number of hydrogen-bond acceptors (Lipinski definition) is 3. The molecule has 0 radical (unpaired) electrons. The quantitative estimate of drug-likeness (QED) is 0.797. The molecule has 1 aliphatic carbocycles. The zero-order chi connectivity index (χ0) is 14.7. The first-order valence-corrected chi connectivity index (χ1v) is 7.35. The van der Waals surface area contributed by atoms with Crippen molar-refractivity contribution in [3.05, 3.63) is 0 Å². The Balaban J connectivity index is 2.14. The Hall–Kier alpha value is -1.59. The molecule has 0 aromatic carbocycles. The van der Waals surface area contributed by atoms with E-state index in [0.29, 0.717) is 25.8 Å². The van der Waals surface area contributed by atoms with E-state index in [9.17, 15) is 19.5 Å². The number of piperidine rings is 1. The lowest BCUT2D eigenvalue weighted by atomic mass is 9.78. The summed E-state index contributed by atoms with van der Waals surface area (Å²) in [6.45, 7) is 0.509. The number of carboxylic acids is 1. The van der Waals surface area contributed by atoms with Crippen LogP contribution in [0.2, 0.25) is 0 Å². The Bertz CT molecular complexity index is 374. The van der Waals surface area contributed by atoms with Gasteiger partial charge in [-0.3, -0.25) is 14.4 Å². The van der Waals surface area contributed by atoms with Crippen LogP contribution in [0.15, 0.2) is 0 Å². The summed E-state index contributed by atoms with van der Waals surface area (Å²) >= 11 is 0. The number of nitrogens with zero attached hydrogens (tertiary/aromatic N) is 1. The zero-order valence-corrected chi connectivity index (χ0v) is 11.6. The molecule has 3 atom stereocenters. The molecule has 3 unspecified atom stereocenters. The molecule has 1 aliphatic heterocycles. The molecule has 0 aromatic heterocycles. The van der Waals surface area contributed by atoms with Gasteiger partial charge in [0.1, 0.15) is 6.04 Å². The molecule has 2 fully saturated rings. The minimum Gasteiger partial charge on any atom is -0.481 e. The lowest BCUT2D eigenvalue weighted by molar-refractivity contribution is -0.155. The van der Waals surface area contributed by atoms with Gasteiger partial charge in [-0.2, -0.15) is 0 Å². The highest BCUT2D eigenvalue weighted by Crippen LogP contribution is 2.33. The topological polar surface area (TPSA) is 101 Å². The Morgan fingerprint density at radius 1 is 0.950 bits per heavy atom. The number of likely N-dealkylation sites (tertiary alicyclic amines) is 1. The fourth-order valence-corrected chi connectivity index (χ4v) is 3.43. The third kappa shape index (κ3) is 2.94. The van der Waals surface area contributed by atoms with E-state index in [-0.39, 0.29) is 5.91 Å². The molecule has 0 spiro atoms. The zero-order valence-electron chi connectivity index (χ0n) is 11.6. The standard InChI is InChI=1S/C14H22N2O4/c15-12(17)11-7-3-4-8-16(11)13(18)9-5-1-2-6-10(9)14(19)20/h9-11H,1-8H2,(H2,15,17)(H,19,20). The first-order chi connectivity index (χ1) is 9.52. The van der Waals surface area contributed by atoms with Crippen molar-refractivity contribution in [1.82, 2.24) is 4.90 Å². The maximum atomic E-state index is 12.6. The van der Waals surface area contributed by atoms with Crippen LogP contribution in [0.1, 0.15) is 44.9 Å². The molecule has 6 nitrogen and oxygen atoms in total. The van der Waals surface area contributed by atoms with Gasteiger partial charge in [0.15, 0.2) is 0 Å². The van der Waals surface area contributed by atoms with E-state index >= 15 is 0 Å². The summed E-state index contributed by atoms with van der Waals surface area (Å²) in [6, 6.07) is -0.562. The van der Waals surface area contributed by atoms with E-state index in [1.165, 1.54) is 4.90 Å². The third-order valence-corrected chi connectivity index (χ3v) is 4.51. The molecule has 2 amide bonds. The number of nitrogens with two attached hydrogens (primary N) is 1. The molecule has 1 saturated heterocycles. The molecule has 1 heterocycles. The summed E-state index contributed by atoms with van der Waals surface area (Å²) in [5.41, 5.74) is 5.37. The summed E-state index contributed by atoms with van der Waals surface area (Å²) in [5, 5.41) is 9.27. The SMILES string of the molecule is NC(=O)C1CCCCN1C(=O)C1CCCCC1C(=O)O. The Morgan fingerprint density at radius 2 is 1.55 bits per heavy atom. The predicted molar refractivity (Wildman–Crippen MR) is 71.6 cm³/mol. The molecule has 3 N–H and O–H groups in total. The number of amides is 2. The molecular formula is C14H22N2O4. The van der Waals surface area contributed by atoms with Crippen LogP contribution in [0.25, 0.3) is 0 Å². The van der Waals surface area contributed by atoms with Crippen molar-refractivity contribution >= 4 is 17.8 Å². The summed E-state index contributed by atoms with van der Waals surface area (Å²) in [4.78, 5) is 36.9. The Labute approximate surface area is 118 Å². The van der Waals surface area contributed by atoms with Gasteiger partial charge in [-0.05, 0) is 32.1 Å². The van der Waals surface area contributed by atoms with E-state index in [4.69, 9.17) is 5.73 Å². The molecule has 0 aromatic rings. The first kappa shape index (κ1) is 14.8. The number of primary amides is 1. The predicted octanol–water partition coefficient (Wildman–Crippen LogP) is 0.744. The molecule has 0 bridgehead atoms. The van der Waals surface area contributed by atoms with E-state index in [1.807, 2.05) is 0 Å². The highest BCUT2D eigenvalue weighted by Gasteiger charge is 2.41. The van der Waals surface area contributed by atoms with Gasteiger partial charge in [-0.25, -0.2) is 0 Å². The fourth-order valence-electron chi connectivity index (χ4n) is 3.43. The number of carbonyl (C=O) groups excluding carboxylic acids is 2. The summed E-state index contributed by atoms with van der Waals surface area (Å²) < 4.78 is 0. The second-order valence-electron chi connectivity index (χ2n) is 5.78. The van der Waals surface area contributed by atoms with Gasteiger partial charge < -0.3 is 15.7 Å². The number of carbonyl (C=O) groups is 3. The van der Waals surface area contributed by atoms with Crippen molar-refractivity contribution in [3.63, 3.8) is 0 Å². The third-order valence-electron chi connectivity index (χ3n) is 4.51. The number of hydrogen-bond donors (Lipinski definition) is 2. The van der Waals surface area contributed by atoms with Crippen LogP contribution in [0.5, 0.6) is 0 Å². The smallest absolute Gasteiger partial charge is 0.307 e. The van der Waals surface area contributed by atoms with Crippen LogP contribution in [0, 0.1) is 11.8 Å². The monoisotopic (exact) mass is 282 g/mol. The first-order valence-electron chi connectivity index (χ1n) is 7.35. The second-order valence-corrected chi connectivity index (χ2v) is 5.78. The number of rotatable bonds is 3. The van der Waals surface area contributed by atoms with Crippen LogP contribution in [0.3, 0.4) is 0 Å². The van der Waals surface area contributed by atoms with Gasteiger partial charge >= 0.3 is 5.97 Å². The van der Waals surface area contributed by atoms with Crippen molar-refractivity contribution in [2.75, 3.05) is 6.54 Å². The van der Waals surface area contributed by atoms with Gasteiger partial charge in [-0.1, -0.05) is 12.8 Å². The van der Waals surface area contributed by atoms with Crippen molar-refractivity contribution in [1.29, 1.82) is 0 Å². The highest BCUT2D eigenvalue weighted by atomic mass is 16.4. The van der Waals surface area contributed by atoms with Gasteiger partial charge in [0.25, 0.3) is 0 Å². The lowest BCUT2D eigenvalue weighted by Crippen LogP contribution is -2.53. The average molecular weight is 282 g/mol. The van der Waals surface area contributed by atoms with Gasteiger partial charge in [0.05, 0.1) is 11.8 Å². The molecule has 2 rings (SSSR count). The van der Waals surface area contributed by atoms with Gasteiger partial charge in [0, 0.05) is 6.54 Å². The van der Waals surface area contributed by atoms with Crippen molar-refractivity contribution < 1.29 is 19.5 Å². The molecule has 6 heteroatoms. The highest BCUT2D eigenvalue weighted by molar-refractivity contribution is 5.90. The van der Waals surface area contributed by atoms with Crippen LogP contribution < -0.4 is 5.73 Å². The Morgan fingerprint density at radius 3 is 2.15 bits per heavy atom. The summed E-state index contributed by atoms with van der Waals surface area (Å²) in [6.07, 6.45) is 5.17. The van der Waals surface area contributed by atoms with Crippen molar-refractivity contribution in [2.45, 2.75) is 51.0 Å². The minimum atomic E-state index is -0.907. The largest absolute Gasteiger partial charge is 0.481 e. The van der Waals surface area contributed by atoms with Crippen LogP contribution in [-0.2, 0) is 14.4 Å². The molecule has 2 aliphatic rings. The van der Waals surface area contributed by atoms with Crippen LogP contribution in [-0.4, -0.2) is 40.4 Å². The van der Waals surface area contributed by atoms with Crippen molar-refractivity contribution in [3.8, 4) is 0 Å². The maximum absolute atomic E-state index is 12.6. The molecule has 20 heavy (non-hydrogen) atoms. The van der Waals surface area contributed by atoms with Gasteiger partial charge in [0.2, 0.25) is 11.8 Å². The average Bonchev–Trinajstić information content (AvgIpc) is 2.46. The Kier molecular flexibility index (Phi) is 4.62. The molecule has 1 saturated carbocycles. The lowest BCUT2D eigenvalue weighted by Gasteiger charge is -2.38. The van der Waals surface area contributed by atoms with Crippen LogP contribution >= 0.6 is 0 Å². The fraction of sp³-hybridized carbons (Fsp3) is 0.786. The second kappa shape index (κ2) is 6.24. The number of carboxylic acid groups (broad SMARTS) is 1. The van der Waals surface area contributed by atoms with Crippen molar-refractivity contribution in [2.24, 2.45) is 17.6 Å². The normalized spacial score (nSPS) is 30.8. The van der Waals surface area contributed by atoms with Gasteiger partial charge in [-0.15, -0.1) is 0 Å². The van der Waals surface area contributed by atoms with E-state index in [2.05, 4.69) is 0 Å². The van der Waals surface area contributed by atoms with E-state index in [0.717, 1.165) is 25.7 Å². The van der Waals surface area contributed by atoms with E-state index < -0.39 is 29.8 Å². The number of aliphatic carboxylic acids is 1. The van der Waals surface area contributed by atoms with Crippen LogP contribution in [0.4, 0.5) is 0 Å². The molecular weight excluding hydrogens is 260 g/mol. The summed E-state index contributed by atoms with van der Waals surface area (Å²) in [7, 11) is 0. The molecule has 112 valence electrons. The minimum absolute atomic E-state index is 0.194. The summed E-state index contributed by atoms with van der Waals surface area (Å²) in [5.74, 6) is -2.70. The maximum Gasteiger partial charge on any atom is 0.307 e. The van der Waals surface area contributed by atoms with E-state index in [1.54, 1.807) is 0 Å².